The van der Waals surface area contributed by atoms with Crippen LogP contribution < -0.4 is 0 Å². The van der Waals surface area contributed by atoms with Crippen LogP contribution in [0.5, 0.6) is 0 Å². The number of hydrogen-bond acceptors (Lipinski definition) is 4. The number of aromatic nitrogens is 2. The summed E-state index contributed by atoms with van der Waals surface area (Å²) in [6.07, 6.45) is 1.15. The third kappa shape index (κ3) is 2.68. The van der Waals surface area contributed by atoms with Gasteiger partial charge in [0.1, 0.15) is 6.20 Å². The molecule has 1 heterocycles. The number of nitro groups is 1. The highest BCUT2D eigenvalue weighted by Crippen LogP contribution is 2.17. The molecule has 0 unspecified atom stereocenters. The summed E-state index contributed by atoms with van der Waals surface area (Å²) < 4.78 is 1.27. The zero-order valence-corrected chi connectivity index (χ0v) is 8.23. The molecule has 0 aromatic carbocycles. The Bertz CT molecular complexity index is 356. The first-order valence-corrected chi connectivity index (χ1v) is 4.12. The van der Waals surface area contributed by atoms with Crippen molar-refractivity contribution in [3.8, 4) is 0 Å². The number of rotatable bonds is 3. The molecule has 0 fully saturated rings. The molecule has 0 aliphatic heterocycles. The predicted molar refractivity (Wildman–Crippen MR) is 49.9 cm³/mol. The molecule has 7 heteroatoms. The molecule has 1 atom stereocenters. The van der Waals surface area contributed by atoms with Crippen LogP contribution in [0.15, 0.2) is 6.20 Å². The molecule has 0 spiro atoms. The van der Waals surface area contributed by atoms with E-state index < -0.39 is 10.5 Å². The number of aliphatic hydroxyl groups is 1. The molecule has 1 rings (SSSR count). The summed E-state index contributed by atoms with van der Waals surface area (Å²) in [5, 5.41) is 19.6. The average Bonchev–Trinajstić information content (AvgIpc) is 2.29. The zero-order chi connectivity index (χ0) is 10.9. The molecule has 0 aliphatic rings. The quantitative estimate of drug-likeness (QED) is 0.607. The molecular formula is C7H9ClN3O3. The molecule has 0 amide bonds. The van der Waals surface area contributed by atoms with E-state index in [0.717, 1.165) is 6.20 Å². The van der Waals surface area contributed by atoms with Crippen LogP contribution in [0, 0.1) is 17.0 Å². The summed E-state index contributed by atoms with van der Waals surface area (Å²) in [5.41, 5.74) is -1.24. The minimum absolute atomic E-state index is 0.0411. The maximum Gasteiger partial charge on any atom is 0.383 e. The summed E-state index contributed by atoms with van der Waals surface area (Å²) in [6.45, 7) is 4.96. The number of halogens is 1. The minimum atomic E-state index is -1.24. The topological polar surface area (TPSA) is 81.2 Å². The van der Waals surface area contributed by atoms with Gasteiger partial charge in [-0.2, -0.15) is 0 Å². The highest BCUT2D eigenvalue weighted by molar-refractivity contribution is 6.28. The lowest BCUT2D eigenvalue weighted by atomic mass is 10.1. The van der Waals surface area contributed by atoms with Crippen molar-refractivity contribution in [2.24, 2.45) is 0 Å². The summed E-state index contributed by atoms with van der Waals surface area (Å²) in [4.78, 5) is 13.2. The van der Waals surface area contributed by atoms with Crippen LogP contribution in [0.4, 0.5) is 5.82 Å². The van der Waals surface area contributed by atoms with Crippen molar-refractivity contribution in [2.75, 3.05) is 0 Å². The summed E-state index contributed by atoms with van der Waals surface area (Å²) in [7, 11) is 0. The van der Waals surface area contributed by atoms with Crippen molar-refractivity contribution in [3.05, 3.63) is 28.5 Å². The zero-order valence-electron chi connectivity index (χ0n) is 7.47. The van der Waals surface area contributed by atoms with Crippen LogP contribution in [0.1, 0.15) is 6.92 Å². The third-order valence-electron chi connectivity index (χ3n) is 1.41. The first-order chi connectivity index (χ1) is 6.29. The van der Waals surface area contributed by atoms with Gasteiger partial charge < -0.3 is 15.2 Å². The fraction of sp³-hybridized carbons (Fsp3) is 0.429. The molecule has 1 radical (unpaired) electrons. The molecule has 0 bridgehead atoms. The SMILES string of the molecule is [CH2][C@@](C)(O)Cn1cc([N+](=O)[O-])nc1Cl. The van der Waals surface area contributed by atoms with E-state index in [0.29, 0.717) is 0 Å². The molecule has 0 saturated carbocycles. The lowest BCUT2D eigenvalue weighted by molar-refractivity contribution is -0.389. The highest BCUT2D eigenvalue weighted by atomic mass is 35.5. The minimum Gasteiger partial charge on any atom is -0.388 e. The lowest BCUT2D eigenvalue weighted by Gasteiger charge is -2.16. The lowest BCUT2D eigenvalue weighted by Crippen LogP contribution is -2.26. The Kier molecular flexibility index (Phi) is 2.77. The van der Waals surface area contributed by atoms with Gasteiger partial charge in [0, 0.05) is 0 Å². The molecule has 0 aliphatic carbocycles. The van der Waals surface area contributed by atoms with Gasteiger partial charge in [-0.05, 0) is 35.4 Å². The van der Waals surface area contributed by atoms with E-state index >= 15 is 0 Å². The smallest absolute Gasteiger partial charge is 0.383 e. The van der Waals surface area contributed by atoms with Crippen molar-refractivity contribution in [1.82, 2.24) is 9.55 Å². The predicted octanol–water partition coefficient (Wildman–Crippen LogP) is 1.03. The first-order valence-electron chi connectivity index (χ1n) is 3.74. The molecule has 1 aromatic rings. The fourth-order valence-corrected chi connectivity index (χ4v) is 1.14. The monoisotopic (exact) mass is 218 g/mol. The summed E-state index contributed by atoms with van der Waals surface area (Å²) in [6, 6.07) is 0. The van der Waals surface area contributed by atoms with Crippen LogP contribution >= 0.6 is 11.6 Å². The normalized spacial score (nSPS) is 11.7. The largest absolute Gasteiger partial charge is 0.388 e. The van der Waals surface area contributed by atoms with Crippen molar-refractivity contribution >= 4 is 17.4 Å². The molecule has 1 aromatic heterocycles. The Hall–Kier alpha value is -1.14. The van der Waals surface area contributed by atoms with Crippen LogP contribution in [-0.2, 0) is 6.54 Å². The molecule has 14 heavy (non-hydrogen) atoms. The first kappa shape index (κ1) is 10.9. The van der Waals surface area contributed by atoms with E-state index in [2.05, 4.69) is 11.9 Å². The summed E-state index contributed by atoms with van der Waals surface area (Å²) >= 11 is 5.60. The van der Waals surface area contributed by atoms with Crippen LogP contribution in [0.3, 0.4) is 0 Å². The third-order valence-corrected chi connectivity index (χ3v) is 1.71. The molecule has 0 saturated heterocycles. The molecular weight excluding hydrogens is 210 g/mol. The number of imidazole rings is 1. The highest BCUT2D eigenvalue weighted by Gasteiger charge is 2.21. The maximum absolute atomic E-state index is 10.3. The molecule has 1 N–H and O–H groups in total. The number of nitrogens with zero attached hydrogens (tertiary/aromatic N) is 3. The van der Waals surface area contributed by atoms with Gasteiger partial charge in [0.2, 0.25) is 0 Å². The van der Waals surface area contributed by atoms with Gasteiger partial charge in [0.15, 0.2) is 0 Å². The second-order valence-corrected chi connectivity index (χ2v) is 3.59. The average molecular weight is 219 g/mol. The van der Waals surface area contributed by atoms with Gasteiger partial charge in [-0.3, -0.25) is 4.57 Å². The van der Waals surface area contributed by atoms with E-state index in [4.69, 9.17) is 11.6 Å². The summed E-state index contributed by atoms with van der Waals surface area (Å²) in [5.74, 6) is -0.348. The van der Waals surface area contributed by atoms with Crippen LogP contribution in [0.2, 0.25) is 5.28 Å². The Morgan fingerprint density at radius 2 is 2.50 bits per heavy atom. The second-order valence-electron chi connectivity index (χ2n) is 3.25. The Morgan fingerprint density at radius 3 is 2.86 bits per heavy atom. The van der Waals surface area contributed by atoms with E-state index in [1.165, 1.54) is 11.5 Å². The standard InChI is InChI=1S/C7H9ClN3O3/c1-7(2,12)4-10-3-5(11(13)14)9-6(10)8/h3,12H,1,4H2,2H3/t7-/m0/s1. The van der Waals surface area contributed by atoms with Gasteiger partial charge in [-0.1, -0.05) is 0 Å². The van der Waals surface area contributed by atoms with E-state index in [1.54, 1.807) is 0 Å². The maximum atomic E-state index is 10.3. The van der Waals surface area contributed by atoms with Crippen molar-refractivity contribution in [2.45, 2.75) is 19.1 Å². The van der Waals surface area contributed by atoms with Crippen molar-refractivity contribution in [1.29, 1.82) is 0 Å². The Balaban J connectivity index is 2.94. The van der Waals surface area contributed by atoms with Gasteiger partial charge >= 0.3 is 11.1 Å². The Morgan fingerprint density at radius 1 is 1.93 bits per heavy atom. The van der Waals surface area contributed by atoms with Crippen molar-refractivity contribution in [3.63, 3.8) is 0 Å². The van der Waals surface area contributed by atoms with Crippen LogP contribution in [-0.4, -0.2) is 25.2 Å². The number of hydrogen-bond donors (Lipinski definition) is 1. The van der Waals surface area contributed by atoms with Crippen molar-refractivity contribution < 1.29 is 10.0 Å². The second kappa shape index (κ2) is 3.55. The van der Waals surface area contributed by atoms with Gasteiger partial charge in [0.25, 0.3) is 0 Å². The van der Waals surface area contributed by atoms with E-state index in [9.17, 15) is 15.2 Å². The molecule has 77 valence electrons. The van der Waals surface area contributed by atoms with Gasteiger partial charge in [-0.15, -0.1) is 0 Å². The van der Waals surface area contributed by atoms with E-state index in [1.807, 2.05) is 0 Å². The molecule has 6 nitrogen and oxygen atoms in total. The Labute approximate surface area is 85.3 Å². The van der Waals surface area contributed by atoms with Crippen LogP contribution in [0.25, 0.3) is 0 Å². The fourth-order valence-electron chi connectivity index (χ4n) is 0.946. The van der Waals surface area contributed by atoms with E-state index in [-0.39, 0.29) is 17.6 Å². The van der Waals surface area contributed by atoms with Gasteiger partial charge in [0.05, 0.1) is 12.1 Å². The van der Waals surface area contributed by atoms with Gasteiger partial charge in [-0.25, -0.2) is 0 Å².